The quantitative estimate of drug-likeness (QED) is 0.718. The summed E-state index contributed by atoms with van der Waals surface area (Å²) in [4.78, 5) is 10.5. The molecule has 3 heteroatoms. The van der Waals surface area contributed by atoms with Crippen molar-refractivity contribution in [2.75, 3.05) is 6.61 Å². The number of aldehydes is 1. The van der Waals surface area contributed by atoms with E-state index in [4.69, 9.17) is 16.3 Å². The predicted octanol–water partition coefficient (Wildman–Crippen LogP) is 3.33. The molecule has 15 heavy (non-hydrogen) atoms. The second-order valence-corrected chi connectivity index (χ2v) is 4.29. The van der Waals surface area contributed by atoms with Gasteiger partial charge in [-0.25, -0.2) is 0 Å². The Morgan fingerprint density at radius 1 is 1.47 bits per heavy atom. The standard InChI is InChI=1S/C12H13ClO2/c13-12-7-11(4-3-10(12)8-14)15-6-5-9-1-2-9/h3-4,7-9H,1-2,5-6H2. The highest BCUT2D eigenvalue weighted by Gasteiger charge is 2.20. The first-order chi connectivity index (χ1) is 7.29. The third-order valence-corrected chi connectivity index (χ3v) is 2.92. The van der Waals surface area contributed by atoms with E-state index in [1.165, 1.54) is 12.8 Å². The van der Waals surface area contributed by atoms with Gasteiger partial charge in [0.15, 0.2) is 6.29 Å². The zero-order chi connectivity index (χ0) is 10.7. The molecule has 1 aliphatic carbocycles. The van der Waals surface area contributed by atoms with Crippen LogP contribution in [0.5, 0.6) is 5.75 Å². The van der Waals surface area contributed by atoms with Crippen LogP contribution < -0.4 is 4.74 Å². The van der Waals surface area contributed by atoms with E-state index in [2.05, 4.69) is 0 Å². The molecule has 0 aliphatic heterocycles. The summed E-state index contributed by atoms with van der Waals surface area (Å²) in [6.45, 7) is 0.738. The van der Waals surface area contributed by atoms with Crippen LogP contribution in [-0.2, 0) is 0 Å². The summed E-state index contributed by atoms with van der Waals surface area (Å²) in [7, 11) is 0. The van der Waals surface area contributed by atoms with Crippen LogP contribution in [0.1, 0.15) is 29.6 Å². The number of benzene rings is 1. The number of hydrogen-bond acceptors (Lipinski definition) is 2. The first-order valence-electron chi connectivity index (χ1n) is 5.17. The number of ether oxygens (including phenoxy) is 1. The van der Waals surface area contributed by atoms with Crippen LogP contribution in [0.15, 0.2) is 18.2 Å². The topological polar surface area (TPSA) is 26.3 Å². The van der Waals surface area contributed by atoms with E-state index in [-0.39, 0.29) is 0 Å². The van der Waals surface area contributed by atoms with Crippen LogP contribution in [0.25, 0.3) is 0 Å². The Morgan fingerprint density at radius 2 is 2.27 bits per heavy atom. The fraction of sp³-hybridized carbons (Fsp3) is 0.417. The third kappa shape index (κ3) is 2.96. The molecule has 0 aromatic heterocycles. The molecule has 1 aliphatic rings. The molecular formula is C12H13ClO2. The molecule has 0 atom stereocenters. The van der Waals surface area contributed by atoms with Crippen molar-refractivity contribution in [2.24, 2.45) is 5.92 Å². The van der Waals surface area contributed by atoms with Crippen LogP contribution in [-0.4, -0.2) is 12.9 Å². The van der Waals surface area contributed by atoms with Gasteiger partial charge in [-0.2, -0.15) is 0 Å². The number of carbonyl (C=O) groups is 1. The largest absolute Gasteiger partial charge is 0.494 e. The smallest absolute Gasteiger partial charge is 0.151 e. The van der Waals surface area contributed by atoms with E-state index in [0.29, 0.717) is 10.6 Å². The second kappa shape index (κ2) is 4.67. The van der Waals surface area contributed by atoms with Gasteiger partial charge in [-0.15, -0.1) is 0 Å². The Balaban J connectivity index is 1.89. The van der Waals surface area contributed by atoms with E-state index >= 15 is 0 Å². The highest BCUT2D eigenvalue weighted by Crippen LogP contribution is 2.32. The third-order valence-electron chi connectivity index (χ3n) is 2.59. The SMILES string of the molecule is O=Cc1ccc(OCCC2CC2)cc1Cl. The summed E-state index contributed by atoms with van der Waals surface area (Å²) in [5.74, 6) is 1.61. The monoisotopic (exact) mass is 224 g/mol. The van der Waals surface area contributed by atoms with Crippen LogP contribution in [0.4, 0.5) is 0 Å². The molecule has 2 nitrogen and oxygen atoms in total. The fourth-order valence-electron chi connectivity index (χ4n) is 1.44. The van der Waals surface area contributed by atoms with Gasteiger partial charge in [-0.3, -0.25) is 4.79 Å². The lowest BCUT2D eigenvalue weighted by atomic mass is 10.2. The molecule has 2 rings (SSSR count). The van der Waals surface area contributed by atoms with Crippen LogP contribution >= 0.6 is 11.6 Å². The Kier molecular flexibility index (Phi) is 3.27. The minimum absolute atomic E-state index is 0.453. The van der Waals surface area contributed by atoms with E-state index in [1.54, 1.807) is 18.2 Å². The number of hydrogen-bond donors (Lipinski definition) is 0. The van der Waals surface area contributed by atoms with Crippen LogP contribution in [0.2, 0.25) is 5.02 Å². The van der Waals surface area contributed by atoms with Crippen molar-refractivity contribution < 1.29 is 9.53 Å². The number of halogens is 1. The summed E-state index contributed by atoms with van der Waals surface area (Å²) in [6, 6.07) is 5.16. The second-order valence-electron chi connectivity index (χ2n) is 3.88. The molecule has 1 saturated carbocycles. The van der Waals surface area contributed by atoms with Gasteiger partial charge in [-0.1, -0.05) is 24.4 Å². The molecule has 0 radical (unpaired) electrons. The van der Waals surface area contributed by atoms with Crippen molar-refractivity contribution in [1.82, 2.24) is 0 Å². The summed E-state index contributed by atoms with van der Waals surface area (Å²) < 4.78 is 5.54. The Bertz CT molecular complexity index is 359. The van der Waals surface area contributed by atoms with Crippen LogP contribution in [0, 0.1) is 5.92 Å². The first-order valence-corrected chi connectivity index (χ1v) is 5.55. The summed E-state index contributed by atoms with van der Waals surface area (Å²) in [6.07, 6.45) is 4.55. The maximum atomic E-state index is 10.5. The maximum Gasteiger partial charge on any atom is 0.151 e. The highest BCUT2D eigenvalue weighted by atomic mass is 35.5. The van der Waals surface area contributed by atoms with Gasteiger partial charge < -0.3 is 4.74 Å². The lowest BCUT2D eigenvalue weighted by molar-refractivity contribution is 0.112. The van der Waals surface area contributed by atoms with Crippen molar-refractivity contribution in [3.05, 3.63) is 28.8 Å². The molecule has 80 valence electrons. The minimum atomic E-state index is 0.453. The van der Waals surface area contributed by atoms with E-state index in [0.717, 1.165) is 31.0 Å². The molecule has 0 bridgehead atoms. The Hall–Kier alpha value is -1.02. The van der Waals surface area contributed by atoms with Crippen molar-refractivity contribution >= 4 is 17.9 Å². The van der Waals surface area contributed by atoms with E-state index in [1.807, 2.05) is 0 Å². The van der Waals surface area contributed by atoms with Gasteiger partial charge in [0.2, 0.25) is 0 Å². The Labute approximate surface area is 94.2 Å². The van der Waals surface area contributed by atoms with Crippen LogP contribution in [0.3, 0.4) is 0 Å². The van der Waals surface area contributed by atoms with Crippen molar-refractivity contribution in [3.8, 4) is 5.75 Å². The summed E-state index contributed by atoms with van der Waals surface area (Å²) in [5, 5.41) is 0.453. The van der Waals surface area contributed by atoms with E-state index < -0.39 is 0 Å². The fourth-order valence-corrected chi connectivity index (χ4v) is 1.66. The lowest BCUT2D eigenvalue weighted by Crippen LogP contribution is -1.98. The van der Waals surface area contributed by atoms with Gasteiger partial charge in [0.25, 0.3) is 0 Å². The molecule has 1 fully saturated rings. The first kappa shape index (κ1) is 10.5. The number of rotatable bonds is 5. The van der Waals surface area contributed by atoms with Gasteiger partial charge in [0.05, 0.1) is 11.6 Å². The molecule has 0 unspecified atom stereocenters. The predicted molar refractivity (Wildman–Crippen MR) is 59.7 cm³/mol. The molecule has 0 N–H and O–H groups in total. The number of carbonyl (C=O) groups excluding carboxylic acids is 1. The van der Waals surface area contributed by atoms with Gasteiger partial charge >= 0.3 is 0 Å². The van der Waals surface area contributed by atoms with Crippen molar-refractivity contribution in [1.29, 1.82) is 0 Å². The zero-order valence-corrected chi connectivity index (χ0v) is 9.17. The highest BCUT2D eigenvalue weighted by molar-refractivity contribution is 6.33. The summed E-state index contributed by atoms with van der Waals surface area (Å²) >= 11 is 5.87. The maximum absolute atomic E-state index is 10.5. The van der Waals surface area contributed by atoms with Gasteiger partial charge in [0, 0.05) is 5.56 Å². The van der Waals surface area contributed by atoms with E-state index in [9.17, 15) is 4.79 Å². The normalized spacial score (nSPS) is 15.0. The van der Waals surface area contributed by atoms with Crippen molar-refractivity contribution in [3.63, 3.8) is 0 Å². The average Bonchev–Trinajstić information content (AvgIpc) is 3.02. The Morgan fingerprint density at radius 3 is 2.87 bits per heavy atom. The lowest BCUT2D eigenvalue weighted by Gasteiger charge is -2.06. The molecule has 0 heterocycles. The molecule has 0 amide bonds. The molecular weight excluding hydrogens is 212 g/mol. The average molecular weight is 225 g/mol. The molecule has 0 saturated heterocycles. The summed E-state index contributed by atoms with van der Waals surface area (Å²) in [5.41, 5.74) is 0.506. The minimum Gasteiger partial charge on any atom is -0.494 e. The van der Waals surface area contributed by atoms with Gasteiger partial charge in [0.1, 0.15) is 5.75 Å². The van der Waals surface area contributed by atoms with Crippen molar-refractivity contribution in [2.45, 2.75) is 19.3 Å². The molecule has 1 aromatic carbocycles. The zero-order valence-electron chi connectivity index (χ0n) is 8.41. The molecule has 1 aromatic rings. The molecule has 0 spiro atoms. The van der Waals surface area contributed by atoms with Gasteiger partial charge in [-0.05, 0) is 30.5 Å².